The van der Waals surface area contributed by atoms with E-state index in [-0.39, 0.29) is 12.5 Å². The van der Waals surface area contributed by atoms with Crippen molar-refractivity contribution in [1.82, 2.24) is 10.3 Å². The third kappa shape index (κ3) is 6.28. The summed E-state index contributed by atoms with van der Waals surface area (Å²) in [7, 11) is 0. The summed E-state index contributed by atoms with van der Waals surface area (Å²) >= 11 is 3.23. The first-order valence-electron chi connectivity index (χ1n) is 5.05. The number of nitrogens with zero attached hydrogens (tertiary/aromatic N) is 1. The Hall–Kier alpha value is -1.08. The van der Waals surface area contributed by atoms with Gasteiger partial charge in [-0.2, -0.15) is 11.8 Å². The number of aryl methyl sites for hydroxylation is 1. The molecule has 1 aromatic heterocycles. The summed E-state index contributed by atoms with van der Waals surface area (Å²) in [5, 5.41) is 13.7. The molecule has 0 aliphatic heterocycles. The van der Waals surface area contributed by atoms with Gasteiger partial charge in [0, 0.05) is 23.3 Å². The summed E-state index contributed by atoms with van der Waals surface area (Å²) in [5.74, 6) is 0.205. The summed E-state index contributed by atoms with van der Waals surface area (Å²) in [6, 6.07) is 0. The Bertz CT molecular complexity index is 393. The van der Waals surface area contributed by atoms with Crippen LogP contribution < -0.4 is 5.32 Å². The molecule has 94 valence electrons. The van der Waals surface area contributed by atoms with Gasteiger partial charge in [0.2, 0.25) is 5.91 Å². The lowest BCUT2D eigenvalue weighted by Crippen LogP contribution is -2.29. The van der Waals surface area contributed by atoms with Crippen molar-refractivity contribution in [2.45, 2.75) is 19.1 Å². The Balaban J connectivity index is 2.07. The van der Waals surface area contributed by atoms with E-state index in [9.17, 15) is 9.59 Å². The number of carbonyl (C=O) groups excluding carboxylic acids is 1. The first-order valence-corrected chi connectivity index (χ1v) is 7.08. The SMILES string of the molecule is Cc1nc(CSCCC(=O)NCC(=O)O)cs1. The second kappa shape index (κ2) is 7.29. The lowest BCUT2D eigenvalue weighted by atomic mass is 10.4. The largest absolute Gasteiger partial charge is 0.480 e. The summed E-state index contributed by atoms with van der Waals surface area (Å²) in [6.45, 7) is 1.65. The number of hydrogen-bond donors (Lipinski definition) is 2. The van der Waals surface area contributed by atoms with Crippen LogP contribution in [0.3, 0.4) is 0 Å². The highest BCUT2D eigenvalue weighted by Gasteiger charge is 2.04. The van der Waals surface area contributed by atoms with Crippen LogP contribution in [0.2, 0.25) is 0 Å². The van der Waals surface area contributed by atoms with Crippen LogP contribution >= 0.6 is 23.1 Å². The number of aromatic nitrogens is 1. The highest BCUT2D eigenvalue weighted by Crippen LogP contribution is 2.15. The van der Waals surface area contributed by atoms with Gasteiger partial charge in [-0.15, -0.1) is 11.3 Å². The molecule has 7 heteroatoms. The Morgan fingerprint density at radius 3 is 2.94 bits per heavy atom. The molecule has 0 aromatic carbocycles. The summed E-state index contributed by atoms with van der Waals surface area (Å²) in [5.41, 5.74) is 1.03. The molecule has 0 unspecified atom stereocenters. The van der Waals surface area contributed by atoms with Gasteiger partial charge in [0.25, 0.3) is 0 Å². The normalized spacial score (nSPS) is 10.2. The zero-order chi connectivity index (χ0) is 12.7. The monoisotopic (exact) mass is 274 g/mol. The summed E-state index contributed by atoms with van der Waals surface area (Å²) in [6.07, 6.45) is 0.334. The molecule has 5 nitrogen and oxygen atoms in total. The van der Waals surface area contributed by atoms with Crippen LogP contribution in [0.1, 0.15) is 17.1 Å². The van der Waals surface area contributed by atoms with Crippen molar-refractivity contribution in [2.75, 3.05) is 12.3 Å². The van der Waals surface area contributed by atoms with Gasteiger partial charge in [0.1, 0.15) is 6.54 Å². The maximum atomic E-state index is 11.2. The fourth-order valence-corrected chi connectivity index (χ4v) is 2.63. The molecular formula is C10H14N2O3S2. The van der Waals surface area contributed by atoms with Gasteiger partial charge in [0.15, 0.2) is 0 Å². The third-order valence-electron chi connectivity index (χ3n) is 1.83. The summed E-state index contributed by atoms with van der Waals surface area (Å²) < 4.78 is 0. The number of carboxylic acid groups (broad SMARTS) is 1. The van der Waals surface area contributed by atoms with E-state index in [1.807, 2.05) is 12.3 Å². The van der Waals surface area contributed by atoms with Crippen molar-refractivity contribution in [2.24, 2.45) is 0 Å². The smallest absolute Gasteiger partial charge is 0.322 e. The number of carboxylic acids is 1. The zero-order valence-corrected chi connectivity index (χ0v) is 11.1. The fourth-order valence-electron chi connectivity index (χ4n) is 1.08. The van der Waals surface area contributed by atoms with Crippen LogP contribution in [0, 0.1) is 6.92 Å². The number of aliphatic carboxylic acids is 1. The second-order valence-electron chi connectivity index (χ2n) is 3.33. The molecule has 0 bridgehead atoms. The van der Waals surface area contributed by atoms with Crippen molar-refractivity contribution >= 4 is 35.0 Å². The van der Waals surface area contributed by atoms with Crippen molar-refractivity contribution < 1.29 is 14.7 Å². The van der Waals surface area contributed by atoms with E-state index < -0.39 is 5.97 Å². The van der Waals surface area contributed by atoms with E-state index >= 15 is 0 Å². The van der Waals surface area contributed by atoms with Crippen molar-refractivity contribution in [1.29, 1.82) is 0 Å². The number of rotatable bonds is 7. The molecule has 0 atom stereocenters. The van der Waals surface area contributed by atoms with E-state index in [1.165, 1.54) is 0 Å². The van der Waals surface area contributed by atoms with Crippen LogP contribution in [0.5, 0.6) is 0 Å². The molecule has 1 aromatic rings. The zero-order valence-electron chi connectivity index (χ0n) is 9.43. The number of thioether (sulfide) groups is 1. The van der Waals surface area contributed by atoms with Crippen LogP contribution in [0.4, 0.5) is 0 Å². The van der Waals surface area contributed by atoms with Crippen LogP contribution in [0.15, 0.2) is 5.38 Å². The minimum absolute atomic E-state index is 0.227. The molecule has 1 heterocycles. The molecule has 1 rings (SSSR count). The summed E-state index contributed by atoms with van der Waals surface area (Å²) in [4.78, 5) is 25.7. The molecule has 0 fully saturated rings. The fraction of sp³-hybridized carbons (Fsp3) is 0.500. The number of carbonyl (C=O) groups is 2. The maximum Gasteiger partial charge on any atom is 0.322 e. The molecule has 1 amide bonds. The Morgan fingerprint density at radius 1 is 1.59 bits per heavy atom. The lowest BCUT2D eigenvalue weighted by Gasteiger charge is -2.01. The van der Waals surface area contributed by atoms with Gasteiger partial charge in [-0.05, 0) is 6.92 Å². The van der Waals surface area contributed by atoms with E-state index in [1.54, 1.807) is 23.1 Å². The van der Waals surface area contributed by atoms with Gasteiger partial charge < -0.3 is 10.4 Å². The average Bonchev–Trinajstić information content (AvgIpc) is 2.68. The van der Waals surface area contributed by atoms with Gasteiger partial charge >= 0.3 is 5.97 Å². The minimum Gasteiger partial charge on any atom is -0.480 e. The third-order valence-corrected chi connectivity index (χ3v) is 3.64. The van der Waals surface area contributed by atoms with E-state index in [0.717, 1.165) is 16.5 Å². The topological polar surface area (TPSA) is 79.3 Å². The maximum absolute atomic E-state index is 11.2. The highest BCUT2D eigenvalue weighted by molar-refractivity contribution is 7.98. The number of nitrogens with one attached hydrogen (secondary N) is 1. The number of hydrogen-bond acceptors (Lipinski definition) is 5. The highest BCUT2D eigenvalue weighted by atomic mass is 32.2. The molecule has 0 radical (unpaired) electrons. The number of thiazole rings is 1. The van der Waals surface area contributed by atoms with E-state index in [0.29, 0.717) is 12.2 Å². The molecule has 0 aliphatic carbocycles. The van der Waals surface area contributed by atoms with Crippen molar-refractivity contribution in [3.63, 3.8) is 0 Å². The Morgan fingerprint density at radius 2 is 2.35 bits per heavy atom. The first-order chi connectivity index (χ1) is 8.08. The quantitative estimate of drug-likeness (QED) is 0.732. The van der Waals surface area contributed by atoms with E-state index in [4.69, 9.17) is 5.11 Å². The molecule has 17 heavy (non-hydrogen) atoms. The predicted molar refractivity (Wildman–Crippen MR) is 68.3 cm³/mol. The standard InChI is InChI=1S/C10H14N2O3S2/c1-7-12-8(6-17-7)5-16-3-2-9(13)11-4-10(14)15/h6H,2-5H2,1H3,(H,11,13)(H,14,15). The minimum atomic E-state index is -1.02. The average molecular weight is 274 g/mol. The number of amides is 1. The molecule has 0 saturated heterocycles. The molecule has 2 N–H and O–H groups in total. The predicted octanol–water partition coefficient (Wildman–Crippen LogP) is 1.28. The van der Waals surface area contributed by atoms with Crippen LogP contribution in [-0.4, -0.2) is 34.3 Å². The second-order valence-corrected chi connectivity index (χ2v) is 5.50. The van der Waals surface area contributed by atoms with Gasteiger partial charge in [0.05, 0.1) is 10.7 Å². The van der Waals surface area contributed by atoms with Gasteiger partial charge in [-0.3, -0.25) is 9.59 Å². The van der Waals surface area contributed by atoms with E-state index in [2.05, 4.69) is 10.3 Å². The first kappa shape index (κ1) is 14.0. The Kier molecular flexibility index (Phi) is 5.99. The molecule has 0 saturated carbocycles. The Labute approximate surface area is 108 Å². The molecular weight excluding hydrogens is 260 g/mol. The molecule has 0 spiro atoms. The van der Waals surface area contributed by atoms with Crippen molar-refractivity contribution in [3.05, 3.63) is 16.1 Å². The van der Waals surface area contributed by atoms with Crippen LogP contribution in [-0.2, 0) is 15.3 Å². The molecule has 0 aliphatic rings. The van der Waals surface area contributed by atoms with Crippen molar-refractivity contribution in [3.8, 4) is 0 Å². The van der Waals surface area contributed by atoms with Gasteiger partial charge in [-0.1, -0.05) is 0 Å². The van der Waals surface area contributed by atoms with Crippen LogP contribution in [0.25, 0.3) is 0 Å². The van der Waals surface area contributed by atoms with Gasteiger partial charge in [-0.25, -0.2) is 4.98 Å². The lowest BCUT2D eigenvalue weighted by molar-refractivity contribution is -0.137.